The molecule has 2 rings (SSSR count). The van der Waals surface area contributed by atoms with E-state index >= 15 is 0 Å². The minimum Gasteiger partial charge on any atom is -0.490 e. The Hall–Kier alpha value is -1.27. The van der Waals surface area contributed by atoms with Gasteiger partial charge in [-0.15, -0.1) is 0 Å². The zero-order valence-electron chi connectivity index (χ0n) is 11.1. The standard InChI is InChI=1S/C13H20N2O3S/c1-11-10-19(16,17)9-7-15(11)6-8-18-13-5-3-2-4-12(13)14/h2-5,11H,6-10,14H2,1H3. The second-order valence-electron chi connectivity index (χ2n) is 4.89. The first-order chi connectivity index (χ1) is 8.98. The van der Waals surface area contributed by atoms with Gasteiger partial charge < -0.3 is 10.5 Å². The highest BCUT2D eigenvalue weighted by Crippen LogP contribution is 2.19. The Morgan fingerprint density at radius 1 is 1.42 bits per heavy atom. The summed E-state index contributed by atoms with van der Waals surface area (Å²) in [4.78, 5) is 2.14. The van der Waals surface area contributed by atoms with Crippen molar-refractivity contribution in [3.63, 3.8) is 0 Å². The highest BCUT2D eigenvalue weighted by molar-refractivity contribution is 7.91. The lowest BCUT2D eigenvalue weighted by molar-refractivity contribution is 0.180. The lowest BCUT2D eigenvalue weighted by Crippen LogP contribution is -2.48. The third-order valence-electron chi connectivity index (χ3n) is 3.36. The monoisotopic (exact) mass is 284 g/mol. The van der Waals surface area contributed by atoms with Crippen LogP contribution in [0.3, 0.4) is 0 Å². The Morgan fingerprint density at radius 3 is 2.84 bits per heavy atom. The van der Waals surface area contributed by atoms with Gasteiger partial charge in [0.15, 0.2) is 9.84 Å². The predicted molar refractivity (Wildman–Crippen MR) is 76.0 cm³/mol. The molecule has 0 aromatic heterocycles. The topological polar surface area (TPSA) is 72.6 Å². The average molecular weight is 284 g/mol. The molecule has 0 spiro atoms. The largest absolute Gasteiger partial charge is 0.490 e. The highest BCUT2D eigenvalue weighted by Gasteiger charge is 2.27. The summed E-state index contributed by atoms with van der Waals surface area (Å²) in [7, 11) is -2.85. The number of hydrogen-bond donors (Lipinski definition) is 1. The maximum Gasteiger partial charge on any atom is 0.153 e. The van der Waals surface area contributed by atoms with Crippen molar-refractivity contribution in [3.8, 4) is 5.75 Å². The molecule has 2 N–H and O–H groups in total. The van der Waals surface area contributed by atoms with Crippen LogP contribution in [-0.2, 0) is 9.84 Å². The second-order valence-corrected chi connectivity index (χ2v) is 7.11. The molecule has 19 heavy (non-hydrogen) atoms. The Balaban J connectivity index is 1.82. The molecule has 1 aliphatic rings. The van der Waals surface area contributed by atoms with Gasteiger partial charge in [-0.25, -0.2) is 8.42 Å². The number of nitrogen functional groups attached to an aromatic ring is 1. The zero-order chi connectivity index (χ0) is 13.9. The van der Waals surface area contributed by atoms with E-state index in [2.05, 4.69) is 4.90 Å². The average Bonchev–Trinajstić information content (AvgIpc) is 2.33. The van der Waals surface area contributed by atoms with Crippen LogP contribution in [0.25, 0.3) is 0 Å². The minimum absolute atomic E-state index is 0.0514. The molecule has 106 valence electrons. The van der Waals surface area contributed by atoms with Gasteiger partial charge in [0, 0.05) is 19.1 Å². The van der Waals surface area contributed by atoms with Crippen LogP contribution in [0.4, 0.5) is 5.69 Å². The van der Waals surface area contributed by atoms with E-state index in [1.165, 1.54) is 0 Å². The number of para-hydroxylation sites is 2. The molecule has 1 aromatic rings. The van der Waals surface area contributed by atoms with Crippen molar-refractivity contribution in [1.82, 2.24) is 4.90 Å². The fraction of sp³-hybridized carbons (Fsp3) is 0.538. The molecule has 1 aromatic carbocycles. The number of benzene rings is 1. The number of rotatable bonds is 4. The maximum atomic E-state index is 11.5. The summed E-state index contributed by atoms with van der Waals surface area (Å²) >= 11 is 0. The summed E-state index contributed by atoms with van der Waals surface area (Å²) in [6.45, 7) is 3.74. The number of ether oxygens (including phenoxy) is 1. The van der Waals surface area contributed by atoms with E-state index in [4.69, 9.17) is 10.5 Å². The van der Waals surface area contributed by atoms with Crippen molar-refractivity contribution in [1.29, 1.82) is 0 Å². The van der Waals surface area contributed by atoms with Crippen molar-refractivity contribution >= 4 is 15.5 Å². The molecule has 1 heterocycles. The Bertz CT molecular complexity index is 530. The molecule has 1 saturated heterocycles. The molecule has 1 aliphatic heterocycles. The van der Waals surface area contributed by atoms with Crippen molar-refractivity contribution < 1.29 is 13.2 Å². The van der Waals surface area contributed by atoms with Crippen LogP contribution in [-0.4, -0.2) is 50.6 Å². The Morgan fingerprint density at radius 2 is 2.16 bits per heavy atom. The van der Waals surface area contributed by atoms with Crippen LogP contribution < -0.4 is 10.5 Å². The van der Waals surface area contributed by atoms with Gasteiger partial charge in [0.2, 0.25) is 0 Å². The van der Waals surface area contributed by atoms with Gasteiger partial charge in [0.1, 0.15) is 12.4 Å². The number of hydrogen-bond acceptors (Lipinski definition) is 5. The smallest absolute Gasteiger partial charge is 0.153 e. The molecule has 0 saturated carbocycles. The summed E-state index contributed by atoms with van der Waals surface area (Å²) in [5.41, 5.74) is 6.41. The normalized spacial score (nSPS) is 23.1. The molecule has 5 nitrogen and oxygen atoms in total. The number of nitrogens with two attached hydrogens (primary N) is 1. The quantitative estimate of drug-likeness (QED) is 0.827. The molecule has 0 amide bonds. The summed E-state index contributed by atoms with van der Waals surface area (Å²) in [6.07, 6.45) is 0. The van der Waals surface area contributed by atoms with Crippen molar-refractivity contribution in [3.05, 3.63) is 24.3 Å². The van der Waals surface area contributed by atoms with Gasteiger partial charge in [-0.05, 0) is 19.1 Å². The van der Waals surface area contributed by atoms with Gasteiger partial charge >= 0.3 is 0 Å². The summed E-state index contributed by atoms with van der Waals surface area (Å²) < 4.78 is 28.6. The first kappa shape index (κ1) is 14.1. The SMILES string of the molecule is CC1CS(=O)(=O)CCN1CCOc1ccccc1N. The van der Waals surface area contributed by atoms with Crippen LogP contribution in [0.15, 0.2) is 24.3 Å². The van der Waals surface area contributed by atoms with Crippen LogP contribution in [0, 0.1) is 0 Å². The number of nitrogens with zero attached hydrogens (tertiary/aromatic N) is 1. The van der Waals surface area contributed by atoms with Gasteiger partial charge in [-0.2, -0.15) is 0 Å². The van der Waals surface area contributed by atoms with Crippen LogP contribution in [0.2, 0.25) is 0 Å². The fourth-order valence-corrected chi connectivity index (χ4v) is 3.88. The molecule has 0 radical (unpaired) electrons. The van der Waals surface area contributed by atoms with E-state index in [0.717, 1.165) is 0 Å². The number of sulfone groups is 1. The highest BCUT2D eigenvalue weighted by atomic mass is 32.2. The van der Waals surface area contributed by atoms with E-state index in [-0.39, 0.29) is 17.5 Å². The van der Waals surface area contributed by atoms with E-state index in [0.29, 0.717) is 31.1 Å². The van der Waals surface area contributed by atoms with Gasteiger partial charge in [0.25, 0.3) is 0 Å². The third-order valence-corrected chi connectivity index (χ3v) is 5.16. The maximum absolute atomic E-state index is 11.5. The van der Waals surface area contributed by atoms with E-state index in [9.17, 15) is 8.42 Å². The van der Waals surface area contributed by atoms with Crippen LogP contribution in [0.5, 0.6) is 5.75 Å². The molecule has 1 fully saturated rings. The van der Waals surface area contributed by atoms with Crippen LogP contribution >= 0.6 is 0 Å². The van der Waals surface area contributed by atoms with Gasteiger partial charge in [-0.1, -0.05) is 12.1 Å². The lowest BCUT2D eigenvalue weighted by atomic mass is 10.3. The van der Waals surface area contributed by atoms with Crippen molar-refractivity contribution in [2.24, 2.45) is 0 Å². The van der Waals surface area contributed by atoms with E-state index in [1.54, 1.807) is 6.07 Å². The molecule has 0 bridgehead atoms. The van der Waals surface area contributed by atoms with Crippen molar-refractivity contribution in [2.45, 2.75) is 13.0 Å². The van der Waals surface area contributed by atoms with Gasteiger partial charge in [-0.3, -0.25) is 4.90 Å². The van der Waals surface area contributed by atoms with E-state index in [1.807, 2.05) is 25.1 Å². The van der Waals surface area contributed by atoms with E-state index < -0.39 is 9.84 Å². The molecule has 1 unspecified atom stereocenters. The van der Waals surface area contributed by atoms with Gasteiger partial charge in [0.05, 0.1) is 17.2 Å². The summed E-state index contributed by atoms with van der Waals surface area (Å²) in [5, 5.41) is 0. The Labute approximate surface area is 114 Å². The predicted octanol–water partition coefficient (Wildman–Crippen LogP) is 0.766. The first-order valence-corrected chi connectivity index (χ1v) is 8.22. The first-order valence-electron chi connectivity index (χ1n) is 6.40. The fourth-order valence-electron chi connectivity index (χ4n) is 2.25. The molecular formula is C13H20N2O3S. The summed E-state index contributed by atoms with van der Waals surface area (Å²) in [5.74, 6) is 1.16. The lowest BCUT2D eigenvalue weighted by Gasteiger charge is -2.32. The minimum atomic E-state index is -2.85. The molecule has 0 aliphatic carbocycles. The molecular weight excluding hydrogens is 264 g/mol. The molecule has 1 atom stereocenters. The van der Waals surface area contributed by atoms with Crippen molar-refractivity contribution in [2.75, 3.05) is 36.9 Å². The number of anilines is 1. The molecule has 6 heteroatoms. The summed E-state index contributed by atoms with van der Waals surface area (Å²) in [6, 6.07) is 7.42. The zero-order valence-corrected chi connectivity index (χ0v) is 11.9. The third kappa shape index (κ3) is 3.84. The van der Waals surface area contributed by atoms with Crippen LogP contribution in [0.1, 0.15) is 6.92 Å². The Kier molecular flexibility index (Phi) is 4.31. The second kappa shape index (κ2) is 5.79.